The fraction of sp³-hybridized carbons (Fsp3) is 0.250. The molecule has 1 aromatic carbocycles. The van der Waals surface area contributed by atoms with E-state index < -0.39 is 0 Å². The molecule has 2 rings (SSSR count). The van der Waals surface area contributed by atoms with Crippen molar-refractivity contribution in [3.05, 3.63) is 40.5 Å². The summed E-state index contributed by atoms with van der Waals surface area (Å²) in [5, 5.41) is 1.18. The summed E-state index contributed by atoms with van der Waals surface area (Å²) in [6.07, 6.45) is 1.88. The molecule has 2 aromatic rings. The molecule has 0 aliphatic heterocycles. The Hall–Kier alpha value is -0.890. The van der Waals surface area contributed by atoms with Crippen LogP contribution in [-0.4, -0.2) is 4.98 Å². The third kappa shape index (κ3) is 2.32. The molecule has 1 aromatic heterocycles. The first-order valence-electron chi connectivity index (χ1n) is 4.78. The number of fused-ring (bicyclic) bond motifs is 1. The van der Waals surface area contributed by atoms with Crippen LogP contribution in [0.15, 0.2) is 34.9 Å². The van der Waals surface area contributed by atoms with Crippen molar-refractivity contribution in [2.45, 2.75) is 20.8 Å². The van der Waals surface area contributed by atoms with E-state index in [0.717, 1.165) is 9.99 Å². The van der Waals surface area contributed by atoms with Gasteiger partial charge in [-0.15, -0.1) is 0 Å². The van der Waals surface area contributed by atoms with Gasteiger partial charge in [0.2, 0.25) is 0 Å². The minimum Gasteiger partial charge on any atom is -0.255 e. The van der Waals surface area contributed by atoms with Crippen LogP contribution >= 0.6 is 15.9 Å². The molecule has 2 heteroatoms. The minimum absolute atomic E-state index is 1.03. The highest BCUT2D eigenvalue weighted by molar-refractivity contribution is 9.10. The van der Waals surface area contributed by atoms with Gasteiger partial charge in [-0.05, 0) is 40.5 Å². The molecule has 0 aliphatic carbocycles. The second kappa shape index (κ2) is 5.11. The molecule has 74 valence electrons. The number of aryl methyl sites for hydroxylation is 1. The van der Waals surface area contributed by atoms with Gasteiger partial charge in [-0.25, -0.2) is 0 Å². The molecule has 0 fully saturated rings. The van der Waals surface area contributed by atoms with Crippen LogP contribution in [0.2, 0.25) is 0 Å². The summed E-state index contributed by atoms with van der Waals surface area (Å²) in [6.45, 7) is 6.05. The predicted molar refractivity (Wildman–Crippen MR) is 65.5 cm³/mol. The number of benzene rings is 1. The topological polar surface area (TPSA) is 12.9 Å². The van der Waals surface area contributed by atoms with Crippen LogP contribution in [0.25, 0.3) is 10.9 Å². The van der Waals surface area contributed by atoms with E-state index in [1.54, 1.807) is 0 Å². The summed E-state index contributed by atoms with van der Waals surface area (Å²) < 4.78 is 1.06. The maximum Gasteiger partial charge on any atom is 0.0844 e. The fourth-order valence-electron chi connectivity index (χ4n) is 1.23. The molecule has 0 aliphatic rings. The van der Waals surface area contributed by atoms with Gasteiger partial charge in [0.05, 0.1) is 5.52 Å². The highest BCUT2D eigenvalue weighted by Gasteiger charge is 1.97. The van der Waals surface area contributed by atoms with Crippen molar-refractivity contribution in [3.8, 4) is 0 Å². The second-order valence-corrected chi connectivity index (χ2v) is 3.68. The van der Waals surface area contributed by atoms with E-state index in [9.17, 15) is 0 Å². The number of aromatic nitrogens is 1. The molecule has 0 unspecified atom stereocenters. The number of hydrogen-bond donors (Lipinski definition) is 0. The first-order valence-corrected chi connectivity index (χ1v) is 5.57. The first-order chi connectivity index (χ1) is 6.77. The molecule has 0 N–H and O–H groups in total. The Morgan fingerprint density at radius 2 is 1.93 bits per heavy atom. The number of nitrogens with zero attached hydrogens (tertiary/aromatic N) is 1. The van der Waals surface area contributed by atoms with E-state index in [2.05, 4.69) is 33.0 Å². The van der Waals surface area contributed by atoms with Crippen LogP contribution in [0.5, 0.6) is 0 Å². The Morgan fingerprint density at radius 1 is 1.21 bits per heavy atom. The summed E-state index contributed by atoms with van der Waals surface area (Å²) in [7, 11) is 0. The van der Waals surface area contributed by atoms with E-state index in [0.29, 0.717) is 0 Å². The lowest BCUT2D eigenvalue weighted by atomic mass is 10.2. The molecule has 1 heterocycles. The minimum atomic E-state index is 1.03. The maximum absolute atomic E-state index is 4.33. The van der Waals surface area contributed by atoms with Gasteiger partial charge in [0.25, 0.3) is 0 Å². The van der Waals surface area contributed by atoms with Crippen LogP contribution in [0.1, 0.15) is 19.4 Å². The smallest absolute Gasteiger partial charge is 0.0844 e. The summed E-state index contributed by atoms with van der Waals surface area (Å²) in [5.74, 6) is 0. The SMILES string of the molecule is CC.Cc1cnc2c(Br)cccc2c1. The summed E-state index contributed by atoms with van der Waals surface area (Å²) in [6, 6.07) is 8.23. The molecular formula is C12H14BrN. The molecular weight excluding hydrogens is 238 g/mol. The molecule has 0 bridgehead atoms. The zero-order chi connectivity index (χ0) is 10.6. The first kappa shape index (κ1) is 11.2. The summed E-state index contributed by atoms with van der Waals surface area (Å²) in [5.41, 5.74) is 2.23. The van der Waals surface area contributed by atoms with Crippen LogP contribution in [-0.2, 0) is 0 Å². The number of para-hydroxylation sites is 1. The largest absolute Gasteiger partial charge is 0.255 e. The highest BCUT2D eigenvalue weighted by Crippen LogP contribution is 2.21. The van der Waals surface area contributed by atoms with Gasteiger partial charge in [-0.3, -0.25) is 4.98 Å². The van der Waals surface area contributed by atoms with Crippen molar-refractivity contribution in [3.63, 3.8) is 0 Å². The van der Waals surface area contributed by atoms with E-state index in [1.807, 2.05) is 39.1 Å². The Morgan fingerprint density at radius 3 is 2.64 bits per heavy atom. The lowest BCUT2D eigenvalue weighted by Gasteiger charge is -1.99. The van der Waals surface area contributed by atoms with Gasteiger partial charge < -0.3 is 0 Å². The zero-order valence-corrected chi connectivity index (χ0v) is 10.3. The Kier molecular flexibility index (Phi) is 4.08. The molecule has 0 atom stereocenters. The van der Waals surface area contributed by atoms with Crippen molar-refractivity contribution in [1.29, 1.82) is 0 Å². The van der Waals surface area contributed by atoms with Crippen LogP contribution in [0.3, 0.4) is 0 Å². The standard InChI is InChI=1S/C10H8BrN.C2H6/c1-7-5-8-3-2-4-9(11)10(8)12-6-7;1-2/h2-6H,1H3;1-2H3. The van der Waals surface area contributed by atoms with Crippen molar-refractivity contribution in [2.24, 2.45) is 0 Å². The molecule has 0 amide bonds. The van der Waals surface area contributed by atoms with Crippen molar-refractivity contribution in [2.75, 3.05) is 0 Å². The van der Waals surface area contributed by atoms with Crippen molar-refractivity contribution < 1.29 is 0 Å². The van der Waals surface area contributed by atoms with E-state index >= 15 is 0 Å². The highest BCUT2D eigenvalue weighted by atomic mass is 79.9. The van der Waals surface area contributed by atoms with Crippen molar-refractivity contribution in [1.82, 2.24) is 4.98 Å². The van der Waals surface area contributed by atoms with Crippen molar-refractivity contribution >= 4 is 26.8 Å². The van der Waals surface area contributed by atoms with Gasteiger partial charge in [-0.2, -0.15) is 0 Å². The summed E-state index contributed by atoms with van der Waals surface area (Å²) >= 11 is 3.46. The van der Waals surface area contributed by atoms with Gasteiger partial charge in [0, 0.05) is 16.1 Å². The van der Waals surface area contributed by atoms with E-state index in [4.69, 9.17) is 0 Å². The fourth-order valence-corrected chi connectivity index (χ4v) is 1.72. The van der Waals surface area contributed by atoms with E-state index in [-0.39, 0.29) is 0 Å². The molecule has 0 radical (unpaired) electrons. The third-order valence-corrected chi connectivity index (χ3v) is 2.44. The molecule has 1 nitrogen and oxygen atoms in total. The van der Waals surface area contributed by atoms with Crippen LogP contribution in [0.4, 0.5) is 0 Å². The Balaban J connectivity index is 0.000000461. The monoisotopic (exact) mass is 251 g/mol. The number of rotatable bonds is 0. The maximum atomic E-state index is 4.33. The van der Waals surface area contributed by atoms with E-state index in [1.165, 1.54) is 10.9 Å². The molecule has 0 spiro atoms. The summed E-state index contributed by atoms with van der Waals surface area (Å²) in [4.78, 5) is 4.33. The van der Waals surface area contributed by atoms with Crippen LogP contribution < -0.4 is 0 Å². The second-order valence-electron chi connectivity index (χ2n) is 2.82. The molecule has 0 saturated heterocycles. The third-order valence-electron chi connectivity index (χ3n) is 1.80. The number of pyridine rings is 1. The Bertz CT molecular complexity index is 424. The average molecular weight is 252 g/mol. The van der Waals surface area contributed by atoms with Crippen LogP contribution in [0, 0.1) is 6.92 Å². The number of hydrogen-bond acceptors (Lipinski definition) is 1. The zero-order valence-electron chi connectivity index (χ0n) is 8.71. The van der Waals surface area contributed by atoms with Gasteiger partial charge in [0.1, 0.15) is 0 Å². The van der Waals surface area contributed by atoms with Gasteiger partial charge >= 0.3 is 0 Å². The quantitative estimate of drug-likeness (QED) is 0.679. The van der Waals surface area contributed by atoms with Gasteiger partial charge in [-0.1, -0.05) is 26.0 Å². The van der Waals surface area contributed by atoms with Gasteiger partial charge in [0.15, 0.2) is 0 Å². The lowest BCUT2D eigenvalue weighted by Crippen LogP contribution is -1.81. The average Bonchev–Trinajstić information content (AvgIpc) is 2.21. The normalized spacial score (nSPS) is 9.43. The Labute approximate surface area is 93.3 Å². The number of halogens is 1. The predicted octanol–water partition coefficient (Wildman–Crippen LogP) is 4.33. The molecule has 0 saturated carbocycles. The lowest BCUT2D eigenvalue weighted by molar-refractivity contribution is 1.33. The molecule has 14 heavy (non-hydrogen) atoms.